The Morgan fingerprint density at radius 2 is 2.07 bits per heavy atom. The molecule has 1 aliphatic rings. The summed E-state index contributed by atoms with van der Waals surface area (Å²) in [5, 5.41) is 3.96. The molecule has 152 valence electrons. The molecule has 7 nitrogen and oxygen atoms in total. The Morgan fingerprint density at radius 1 is 1.24 bits per heavy atom. The van der Waals surface area contributed by atoms with E-state index in [2.05, 4.69) is 17.1 Å². The molecule has 1 aromatic carbocycles. The Labute approximate surface area is 172 Å². The maximum absolute atomic E-state index is 12.4. The van der Waals surface area contributed by atoms with Gasteiger partial charge in [0.05, 0.1) is 14.2 Å². The van der Waals surface area contributed by atoms with Crippen molar-refractivity contribution in [2.75, 3.05) is 14.2 Å². The molecule has 0 amide bonds. The van der Waals surface area contributed by atoms with E-state index in [-0.39, 0.29) is 18.5 Å². The normalized spacial score (nSPS) is 15.6. The molecule has 0 spiro atoms. The zero-order valence-corrected chi connectivity index (χ0v) is 17.4. The summed E-state index contributed by atoms with van der Waals surface area (Å²) in [6, 6.07) is 7.29. The molecule has 1 atom stereocenters. The Morgan fingerprint density at radius 3 is 2.86 bits per heavy atom. The van der Waals surface area contributed by atoms with Gasteiger partial charge >= 0.3 is 5.97 Å². The van der Waals surface area contributed by atoms with E-state index in [0.29, 0.717) is 33.7 Å². The van der Waals surface area contributed by atoms with E-state index in [0.717, 1.165) is 12.8 Å². The Kier molecular flexibility index (Phi) is 5.53. The first-order chi connectivity index (χ1) is 14.1. The van der Waals surface area contributed by atoms with Gasteiger partial charge < -0.3 is 18.7 Å². The number of hydrogen-bond donors (Lipinski definition) is 0. The molecule has 0 saturated heterocycles. The average Bonchev–Trinajstić information content (AvgIpc) is 3.38. The Balaban J connectivity index is 1.41. The summed E-state index contributed by atoms with van der Waals surface area (Å²) >= 11 is 1.52. The maximum Gasteiger partial charge on any atom is 0.348 e. The van der Waals surface area contributed by atoms with Gasteiger partial charge in [0.1, 0.15) is 4.88 Å². The molecular formula is C21H22N2O5S. The van der Waals surface area contributed by atoms with Gasteiger partial charge in [0.15, 0.2) is 18.1 Å². The molecule has 0 N–H and O–H groups in total. The lowest BCUT2D eigenvalue weighted by Crippen LogP contribution is -2.08. The van der Waals surface area contributed by atoms with Crippen molar-refractivity contribution >= 4 is 17.3 Å². The van der Waals surface area contributed by atoms with Crippen molar-refractivity contribution in [2.24, 2.45) is 5.92 Å². The molecule has 8 heteroatoms. The van der Waals surface area contributed by atoms with Crippen LogP contribution in [0.5, 0.6) is 11.5 Å². The number of benzene rings is 1. The van der Waals surface area contributed by atoms with Crippen LogP contribution in [0.1, 0.15) is 39.3 Å². The lowest BCUT2D eigenvalue weighted by Gasteiger charge is -2.16. The molecule has 0 unspecified atom stereocenters. The summed E-state index contributed by atoms with van der Waals surface area (Å²) in [7, 11) is 3.13. The maximum atomic E-state index is 12.4. The molecule has 0 bridgehead atoms. The fraction of sp³-hybridized carbons (Fsp3) is 0.381. The minimum absolute atomic E-state index is 0.0713. The SMILES string of the molecule is COc1ccc(-c2noc(COC(=O)c3cc4c(s3)CC[C@H](C)C4)n2)cc1OC. The van der Waals surface area contributed by atoms with Gasteiger partial charge in [0.2, 0.25) is 5.82 Å². The summed E-state index contributed by atoms with van der Waals surface area (Å²) < 4.78 is 21.1. The van der Waals surface area contributed by atoms with Crippen LogP contribution in [0, 0.1) is 5.92 Å². The van der Waals surface area contributed by atoms with Crippen molar-refractivity contribution in [3.05, 3.63) is 45.5 Å². The van der Waals surface area contributed by atoms with E-state index in [1.165, 1.54) is 28.2 Å². The van der Waals surface area contributed by atoms with Crippen molar-refractivity contribution in [1.29, 1.82) is 0 Å². The number of esters is 1. The Hall–Kier alpha value is -2.87. The summed E-state index contributed by atoms with van der Waals surface area (Å²) in [6.45, 7) is 2.17. The molecule has 0 radical (unpaired) electrons. The summed E-state index contributed by atoms with van der Waals surface area (Å²) in [5.74, 6) is 2.11. The molecule has 0 saturated carbocycles. The van der Waals surface area contributed by atoms with E-state index in [1.54, 1.807) is 32.4 Å². The number of nitrogens with zero attached hydrogens (tertiary/aromatic N) is 2. The van der Waals surface area contributed by atoms with Crippen molar-refractivity contribution in [2.45, 2.75) is 32.8 Å². The van der Waals surface area contributed by atoms with Crippen LogP contribution in [-0.4, -0.2) is 30.3 Å². The predicted molar refractivity (Wildman–Crippen MR) is 107 cm³/mol. The molecule has 0 aliphatic heterocycles. The molecule has 1 aliphatic carbocycles. The summed E-state index contributed by atoms with van der Waals surface area (Å²) in [4.78, 5) is 18.6. The third kappa shape index (κ3) is 4.12. The van der Waals surface area contributed by atoms with Gasteiger partial charge in [0, 0.05) is 10.4 Å². The number of hydrogen-bond acceptors (Lipinski definition) is 8. The van der Waals surface area contributed by atoms with Crippen molar-refractivity contribution in [3.63, 3.8) is 0 Å². The van der Waals surface area contributed by atoms with Crippen LogP contribution in [0.4, 0.5) is 0 Å². The van der Waals surface area contributed by atoms with Crippen LogP contribution in [0.2, 0.25) is 0 Å². The first-order valence-corrected chi connectivity index (χ1v) is 10.2. The van der Waals surface area contributed by atoms with Crippen molar-refractivity contribution in [3.8, 4) is 22.9 Å². The quantitative estimate of drug-likeness (QED) is 0.556. The number of rotatable bonds is 6. The van der Waals surface area contributed by atoms with Gasteiger partial charge in [-0.25, -0.2) is 4.79 Å². The van der Waals surface area contributed by atoms with Gasteiger partial charge in [-0.15, -0.1) is 11.3 Å². The van der Waals surface area contributed by atoms with Gasteiger partial charge in [-0.05, 0) is 55.0 Å². The molecule has 3 aromatic rings. The largest absolute Gasteiger partial charge is 0.493 e. The van der Waals surface area contributed by atoms with Gasteiger partial charge in [0.25, 0.3) is 5.89 Å². The minimum Gasteiger partial charge on any atom is -0.493 e. The van der Waals surface area contributed by atoms with E-state index in [4.69, 9.17) is 18.7 Å². The third-order valence-corrected chi connectivity index (χ3v) is 6.18. The second-order valence-corrected chi connectivity index (χ2v) is 8.20. The van der Waals surface area contributed by atoms with E-state index < -0.39 is 0 Å². The van der Waals surface area contributed by atoms with Crippen LogP contribution < -0.4 is 9.47 Å². The van der Waals surface area contributed by atoms with Crippen molar-refractivity contribution < 1.29 is 23.5 Å². The fourth-order valence-corrected chi connectivity index (χ4v) is 4.51. The third-order valence-electron chi connectivity index (χ3n) is 4.97. The van der Waals surface area contributed by atoms with E-state index in [1.807, 2.05) is 6.07 Å². The number of carbonyl (C=O) groups excluding carboxylic acids is 1. The van der Waals surface area contributed by atoms with E-state index in [9.17, 15) is 4.79 Å². The molecule has 29 heavy (non-hydrogen) atoms. The number of carbonyl (C=O) groups is 1. The van der Waals surface area contributed by atoms with Gasteiger partial charge in [-0.3, -0.25) is 0 Å². The highest BCUT2D eigenvalue weighted by molar-refractivity contribution is 7.14. The van der Waals surface area contributed by atoms with Gasteiger partial charge in [-0.1, -0.05) is 12.1 Å². The van der Waals surface area contributed by atoms with Crippen molar-refractivity contribution in [1.82, 2.24) is 10.1 Å². The van der Waals surface area contributed by atoms with E-state index >= 15 is 0 Å². The van der Waals surface area contributed by atoms with Crippen LogP contribution in [0.3, 0.4) is 0 Å². The zero-order chi connectivity index (χ0) is 20.4. The minimum atomic E-state index is -0.358. The molecule has 4 rings (SSSR count). The zero-order valence-electron chi connectivity index (χ0n) is 16.6. The monoisotopic (exact) mass is 414 g/mol. The predicted octanol–water partition coefficient (Wildman–Crippen LogP) is 4.30. The molecule has 0 fully saturated rings. The topological polar surface area (TPSA) is 83.7 Å². The lowest BCUT2D eigenvalue weighted by molar-refractivity contribution is 0.0435. The number of methoxy groups -OCH3 is 2. The first kappa shape index (κ1) is 19.4. The number of aryl methyl sites for hydroxylation is 1. The Bertz CT molecular complexity index is 1030. The average molecular weight is 414 g/mol. The highest BCUT2D eigenvalue weighted by atomic mass is 32.1. The number of ether oxygens (including phenoxy) is 3. The molecular weight excluding hydrogens is 392 g/mol. The second-order valence-electron chi connectivity index (χ2n) is 7.06. The molecule has 2 aromatic heterocycles. The van der Waals surface area contributed by atoms with Crippen LogP contribution in [0.15, 0.2) is 28.8 Å². The molecule has 2 heterocycles. The van der Waals surface area contributed by atoms with Crippen LogP contribution >= 0.6 is 11.3 Å². The van der Waals surface area contributed by atoms with Gasteiger partial charge in [-0.2, -0.15) is 4.98 Å². The lowest BCUT2D eigenvalue weighted by atomic mass is 9.90. The highest BCUT2D eigenvalue weighted by Gasteiger charge is 2.22. The van der Waals surface area contributed by atoms with Crippen LogP contribution in [0.25, 0.3) is 11.4 Å². The smallest absolute Gasteiger partial charge is 0.348 e. The number of fused-ring (bicyclic) bond motifs is 1. The standard InChI is InChI=1S/C21H22N2O5S/c1-12-4-7-17-14(8-12)10-18(29-17)21(24)27-11-19-22-20(23-28-19)13-5-6-15(25-2)16(9-13)26-3/h5-6,9-10,12H,4,7-8,11H2,1-3H3/t12-/m0/s1. The first-order valence-electron chi connectivity index (χ1n) is 9.41. The fourth-order valence-electron chi connectivity index (χ4n) is 3.41. The number of thiophene rings is 1. The number of aromatic nitrogens is 2. The van der Waals surface area contributed by atoms with Crippen LogP contribution in [-0.2, 0) is 24.2 Å². The highest BCUT2D eigenvalue weighted by Crippen LogP contribution is 2.33. The summed E-state index contributed by atoms with van der Waals surface area (Å²) in [6.07, 6.45) is 3.23. The second kappa shape index (κ2) is 8.24. The summed E-state index contributed by atoms with van der Waals surface area (Å²) in [5.41, 5.74) is 1.98.